The summed E-state index contributed by atoms with van der Waals surface area (Å²) in [6.45, 7) is 0. The van der Waals surface area contributed by atoms with Crippen molar-refractivity contribution in [2.45, 2.75) is 0 Å². The number of pyridine rings is 1. The van der Waals surface area contributed by atoms with Gasteiger partial charge in [0.25, 0.3) is 0 Å². The van der Waals surface area contributed by atoms with Crippen molar-refractivity contribution in [2.24, 2.45) is 0 Å². The van der Waals surface area contributed by atoms with Gasteiger partial charge in [0, 0.05) is 17.8 Å². The molecule has 0 saturated carbocycles. The van der Waals surface area contributed by atoms with Crippen LogP contribution in [0, 0.1) is 10.1 Å². The number of anilines is 1. The maximum atomic E-state index is 11.1. The predicted octanol–water partition coefficient (Wildman–Crippen LogP) is 2.42. The fourth-order valence-electron chi connectivity index (χ4n) is 1.99. The smallest absolute Gasteiger partial charge is 0.313 e. The molecule has 2 heterocycles. The molecule has 0 aliphatic carbocycles. The van der Waals surface area contributed by atoms with Gasteiger partial charge in [-0.05, 0) is 11.6 Å². The van der Waals surface area contributed by atoms with Gasteiger partial charge in [0.05, 0.1) is 11.1 Å². The van der Waals surface area contributed by atoms with E-state index in [1.807, 2.05) is 30.3 Å². The standard InChI is InChI=1S/C14H11N5O2/c15-13-7-6-12(19(20)21)14(17-13)18-9-11(8-16-18)10-4-2-1-3-5-10/h1-9H,(H2,15,17). The number of nitro groups is 1. The monoisotopic (exact) mass is 281 g/mol. The Hall–Kier alpha value is -3.22. The minimum absolute atomic E-state index is 0.0992. The number of nitrogens with zero attached hydrogens (tertiary/aromatic N) is 4. The molecule has 7 nitrogen and oxygen atoms in total. The normalized spacial score (nSPS) is 10.5. The first-order valence-electron chi connectivity index (χ1n) is 6.16. The minimum atomic E-state index is -0.508. The van der Waals surface area contributed by atoms with Gasteiger partial charge in [-0.1, -0.05) is 30.3 Å². The largest absolute Gasteiger partial charge is 0.384 e. The summed E-state index contributed by atoms with van der Waals surface area (Å²) in [4.78, 5) is 14.6. The molecule has 21 heavy (non-hydrogen) atoms. The molecule has 0 amide bonds. The van der Waals surface area contributed by atoms with Crippen molar-refractivity contribution < 1.29 is 4.92 Å². The second kappa shape index (κ2) is 5.04. The highest BCUT2D eigenvalue weighted by atomic mass is 16.6. The molecular weight excluding hydrogens is 270 g/mol. The highest BCUT2D eigenvalue weighted by molar-refractivity contribution is 5.62. The lowest BCUT2D eigenvalue weighted by molar-refractivity contribution is -0.384. The molecule has 0 bridgehead atoms. The molecule has 104 valence electrons. The lowest BCUT2D eigenvalue weighted by Crippen LogP contribution is -2.05. The topological polar surface area (TPSA) is 99.9 Å². The Morgan fingerprint density at radius 3 is 2.57 bits per heavy atom. The van der Waals surface area contributed by atoms with Crippen molar-refractivity contribution >= 4 is 11.5 Å². The first kappa shape index (κ1) is 12.8. The van der Waals surface area contributed by atoms with E-state index in [-0.39, 0.29) is 17.3 Å². The molecule has 3 rings (SSSR count). The average molecular weight is 281 g/mol. The van der Waals surface area contributed by atoms with Gasteiger partial charge in [0.15, 0.2) is 0 Å². The number of benzene rings is 1. The van der Waals surface area contributed by atoms with Crippen molar-refractivity contribution in [3.05, 3.63) is 65.0 Å². The number of nitrogen functional groups attached to an aromatic ring is 1. The van der Waals surface area contributed by atoms with Crippen LogP contribution in [0.1, 0.15) is 0 Å². The van der Waals surface area contributed by atoms with Crippen molar-refractivity contribution in [2.75, 3.05) is 5.73 Å². The third kappa shape index (κ3) is 2.44. The van der Waals surface area contributed by atoms with Crippen LogP contribution in [0.25, 0.3) is 16.9 Å². The maximum Gasteiger partial charge on any atom is 0.313 e. The van der Waals surface area contributed by atoms with E-state index in [4.69, 9.17) is 5.73 Å². The molecule has 0 aliphatic rings. The van der Waals surface area contributed by atoms with Crippen molar-refractivity contribution in [3.8, 4) is 16.9 Å². The van der Waals surface area contributed by atoms with E-state index in [1.54, 1.807) is 12.4 Å². The predicted molar refractivity (Wildman–Crippen MR) is 77.9 cm³/mol. The van der Waals surface area contributed by atoms with Crippen LogP contribution >= 0.6 is 0 Å². The summed E-state index contributed by atoms with van der Waals surface area (Å²) < 4.78 is 1.36. The Bertz CT molecular complexity index is 798. The first-order chi connectivity index (χ1) is 10.1. The lowest BCUT2D eigenvalue weighted by Gasteiger charge is -2.02. The molecule has 0 aliphatic heterocycles. The van der Waals surface area contributed by atoms with Crippen LogP contribution in [-0.4, -0.2) is 19.7 Å². The lowest BCUT2D eigenvalue weighted by atomic mass is 10.1. The minimum Gasteiger partial charge on any atom is -0.384 e. The van der Waals surface area contributed by atoms with Gasteiger partial charge < -0.3 is 5.73 Å². The summed E-state index contributed by atoms with van der Waals surface area (Å²) in [5.74, 6) is 0.301. The SMILES string of the molecule is Nc1ccc([N+](=O)[O-])c(-n2cc(-c3ccccc3)cn2)n1. The second-order valence-electron chi connectivity index (χ2n) is 4.38. The quantitative estimate of drug-likeness (QED) is 0.587. The Labute approximate surface area is 119 Å². The van der Waals surface area contributed by atoms with Crippen LogP contribution in [0.5, 0.6) is 0 Å². The van der Waals surface area contributed by atoms with Crippen LogP contribution < -0.4 is 5.73 Å². The highest BCUT2D eigenvalue weighted by Crippen LogP contribution is 2.24. The Morgan fingerprint density at radius 1 is 1.10 bits per heavy atom. The zero-order valence-corrected chi connectivity index (χ0v) is 10.9. The van der Waals surface area contributed by atoms with Gasteiger partial charge in [-0.2, -0.15) is 5.10 Å². The summed E-state index contributed by atoms with van der Waals surface area (Å²) in [7, 11) is 0. The fraction of sp³-hybridized carbons (Fsp3) is 0. The molecule has 0 unspecified atom stereocenters. The van der Waals surface area contributed by atoms with E-state index in [0.29, 0.717) is 0 Å². The molecule has 0 spiro atoms. The summed E-state index contributed by atoms with van der Waals surface area (Å²) in [6.07, 6.45) is 3.31. The number of rotatable bonds is 3. The summed E-state index contributed by atoms with van der Waals surface area (Å²) >= 11 is 0. The molecule has 7 heteroatoms. The number of hydrogen-bond acceptors (Lipinski definition) is 5. The number of nitrogens with two attached hydrogens (primary N) is 1. The molecule has 0 radical (unpaired) electrons. The molecule has 0 atom stereocenters. The first-order valence-corrected chi connectivity index (χ1v) is 6.16. The molecular formula is C14H11N5O2. The van der Waals surface area contributed by atoms with E-state index in [0.717, 1.165) is 11.1 Å². The van der Waals surface area contributed by atoms with Gasteiger partial charge in [-0.3, -0.25) is 10.1 Å². The Morgan fingerprint density at radius 2 is 1.86 bits per heavy atom. The number of hydrogen-bond donors (Lipinski definition) is 1. The molecule has 0 saturated heterocycles. The van der Waals surface area contributed by atoms with E-state index < -0.39 is 4.92 Å². The van der Waals surface area contributed by atoms with E-state index in [9.17, 15) is 10.1 Å². The summed E-state index contributed by atoms with van der Waals surface area (Å²) in [6, 6.07) is 12.3. The van der Waals surface area contributed by atoms with Gasteiger partial charge in [0.2, 0.25) is 5.82 Å². The Kier molecular flexibility index (Phi) is 3.07. The molecule has 2 N–H and O–H groups in total. The average Bonchev–Trinajstić information content (AvgIpc) is 2.97. The zero-order valence-electron chi connectivity index (χ0n) is 10.9. The third-order valence-electron chi connectivity index (χ3n) is 2.98. The Balaban J connectivity index is 2.08. The van der Waals surface area contributed by atoms with E-state index in [1.165, 1.54) is 16.8 Å². The molecule has 0 fully saturated rings. The van der Waals surface area contributed by atoms with Crippen LogP contribution in [0.2, 0.25) is 0 Å². The highest BCUT2D eigenvalue weighted by Gasteiger charge is 2.18. The zero-order chi connectivity index (χ0) is 14.8. The fourth-order valence-corrected chi connectivity index (χ4v) is 1.99. The van der Waals surface area contributed by atoms with Crippen molar-refractivity contribution in [3.63, 3.8) is 0 Å². The number of aromatic nitrogens is 3. The van der Waals surface area contributed by atoms with Crippen LogP contribution in [0.15, 0.2) is 54.9 Å². The summed E-state index contributed by atoms with van der Waals surface area (Å²) in [5.41, 5.74) is 7.27. The second-order valence-corrected chi connectivity index (χ2v) is 4.38. The van der Waals surface area contributed by atoms with Gasteiger partial charge in [0.1, 0.15) is 5.82 Å². The van der Waals surface area contributed by atoms with Crippen molar-refractivity contribution in [1.29, 1.82) is 0 Å². The van der Waals surface area contributed by atoms with Crippen LogP contribution in [-0.2, 0) is 0 Å². The molecule has 3 aromatic rings. The van der Waals surface area contributed by atoms with Crippen LogP contribution in [0.3, 0.4) is 0 Å². The van der Waals surface area contributed by atoms with Crippen LogP contribution in [0.4, 0.5) is 11.5 Å². The molecule has 1 aromatic carbocycles. The van der Waals surface area contributed by atoms with Gasteiger partial charge >= 0.3 is 5.69 Å². The van der Waals surface area contributed by atoms with E-state index in [2.05, 4.69) is 10.1 Å². The third-order valence-corrected chi connectivity index (χ3v) is 2.98. The van der Waals surface area contributed by atoms with E-state index >= 15 is 0 Å². The maximum absolute atomic E-state index is 11.1. The van der Waals surface area contributed by atoms with Gasteiger partial charge in [-0.25, -0.2) is 9.67 Å². The van der Waals surface area contributed by atoms with Crippen molar-refractivity contribution in [1.82, 2.24) is 14.8 Å². The van der Waals surface area contributed by atoms with Gasteiger partial charge in [-0.15, -0.1) is 0 Å². The molecule has 2 aromatic heterocycles. The summed E-state index contributed by atoms with van der Waals surface area (Å²) in [5, 5.41) is 15.2.